The van der Waals surface area contributed by atoms with Gasteiger partial charge in [0.25, 0.3) is 0 Å². The molecule has 0 saturated carbocycles. The van der Waals surface area contributed by atoms with Crippen LogP contribution in [-0.4, -0.2) is 30.1 Å². The predicted octanol–water partition coefficient (Wildman–Crippen LogP) is 3.61. The number of nitrogens with zero attached hydrogens (tertiary/aromatic N) is 1. The summed E-state index contributed by atoms with van der Waals surface area (Å²) in [6.45, 7) is 9.35. The van der Waals surface area contributed by atoms with Gasteiger partial charge in [0.2, 0.25) is 0 Å². The first-order valence-electron chi connectivity index (χ1n) is 7.21. The minimum Gasteiger partial charge on any atom is -0.383 e. The molecule has 18 heavy (non-hydrogen) atoms. The summed E-state index contributed by atoms with van der Waals surface area (Å²) in [7, 11) is 0. The van der Waals surface area contributed by atoms with Crippen LogP contribution in [0, 0.1) is 5.92 Å². The van der Waals surface area contributed by atoms with Crippen LogP contribution in [0.5, 0.6) is 0 Å². The number of para-hydroxylation sites is 1. The first kappa shape index (κ1) is 13.4. The van der Waals surface area contributed by atoms with E-state index in [0.717, 1.165) is 18.5 Å². The zero-order chi connectivity index (χ0) is 13.0. The molecule has 1 heterocycles. The number of anilines is 1. The Bertz CT molecular complexity index is 349. The van der Waals surface area contributed by atoms with Crippen molar-refractivity contribution in [2.24, 2.45) is 5.92 Å². The van der Waals surface area contributed by atoms with Gasteiger partial charge in [-0.15, -0.1) is 0 Å². The van der Waals surface area contributed by atoms with Gasteiger partial charge >= 0.3 is 0 Å². The van der Waals surface area contributed by atoms with Gasteiger partial charge in [-0.2, -0.15) is 0 Å². The number of hydrogen-bond acceptors (Lipinski definition) is 2. The maximum absolute atomic E-state index is 3.54. The number of likely N-dealkylation sites (tertiary alicyclic amines) is 1. The van der Waals surface area contributed by atoms with E-state index in [1.807, 2.05) is 0 Å². The van der Waals surface area contributed by atoms with Gasteiger partial charge in [0.05, 0.1) is 0 Å². The minimum absolute atomic E-state index is 0.600. The summed E-state index contributed by atoms with van der Waals surface area (Å²) in [6, 6.07) is 11.8. The molecule has 1 aliphatic heterocycles. The third kappa shape index (κ3) is 3.49. The Labute approximate surface area is 111 Å². The van der Waals surface area contributed by atoms with Crippen LogP contribution in [0.15, 0.2) is 30.3 Å². The summed E-state index contributed by atoms with van der Waals surface area (Å²) in [5, 5.41) is 3.54. The lowest BCUT2D eigenvalue weighted by Gasteiger charge is -2.41. The van der Waals surface area contributed by atoms with Gasteiger partial charge in [-0.25, -0.2) is 0 Å². The Hall–Kier alpha value is -1.02. The second kappa shape index (κ2) is 6.24. The smallest absolute Gasteiger partial charge is 0.0340 e. The highest BCUT2D eigenvalue weighted by atomic mass is 15.2. The SMILES string of the molecule is CC1CCC(C)N(C(C)CNc2ccccc2)C1. The molecular weight excluding hydrogens is 220 g/mol. The van der Waals surface area contributed by atoms with E-state index in [2.05, 4.69) is 61.3 Å². The maximum atomic E-state index is 3.54. The highest BCUT2D eigenvalue weighted by molar-refractivity contribution is 5.42. The molecule has 1 N–H and O–H groups in total. The van der Waals surface area contributed by atoms with E-state index in [9.17, 15) is 0 Å². The maximum Gasteiger partial charge on any atom is 0.0340 e. The average Bonchev–Trinajstić information content (AvgIpc) is 2.40. The van der Waals surface area contributed by atoms with E-state index < -0.39 is 0 Å². The normalized spacial score (nSPS) is 26.8. The fraction of sp³-hybridized carbons (Fsp3) is 0.625. The van der Waals surface area contributed by atoms with Crippen LogP contribution in [0.4, 0.5) is 5.69 Å². The molecule has 1 fully saturated rings. The van der Waals surface area contributed by atoms with E-state index in [-0.39, 0.29) is 0 Å². The Kier molecular flexibility index (Phi) is 4.65. The van der Waals surface area contributed by atoms with Gasteiger partial charge in [-0.1, -0.05) is 25.1 Å². The van der Waals surface area contributed by atoms with Crippen molar-refractivity contribution in [3.8, 4) is 0 Å². The van der Waals surface area contributed by atoms with E-state index in [1.165, 1.54) is 25.1 Å². The fourth-order valence-electron chi connectivity index (χ4n) is 2.88. The van der Waals surface area contributed by atoms with Gasteiger partial charge in [-0.3, -0.25) is 4.90 Å². The summed E-state index contributed by atoms with van der Waals surface area (Å²) < 4.78 is 0. The number of hydrogen-bond donors (Lipinski definition) is 1. The molecular formula is C16H26N2. The predicted molar refractivity (Wildman–Crippen MR) is 79.0 cm³/mol. The van der Waals surface area contributed by atoms with Crippen molar-refractivity contribution >= 4 is 5.69 Å². The summed E-state index contributed by atoms with van der Waals surface area (Å²) in [5.74, 6) is 0.848. The highest BCUT2D eigenvalue weighted by Crippen LogP contribution is 2.23. The van der Waals surface area contributed by atoms with E-state index in [1.54, 1.807) is 0 Å². The molecule has 2 heteroatoms. The largest absolute Gasteiger partial charge is 0.383 e. The second-order valence-corrected chi connectivity index (χ2v) is 5.82. The molecule has 0 aromatic heterocycles. The zero-order valence-electron chi connectivity index (χ0n) is 11.9. The van der Waals surface area contributed by atoms with Crippen LogP contribution in [0.3, 0.4) is 0 Å². The zero-order valence-corrected chi connectivity index (χ0v) is 11.9. The second-order valence-electron chi connectivity index (χ2n) is 5.82. The van der Waals surface area contributed by atoms with Gasteiger partial charge < -0.3 is 5.32 Å². The van der Waals surface area contributed by atoms with Gasteiger partial charge in [-0.05, 0) is 44.7 Å². The molecule has 1 aromatic carbocycles. The van der Waals surface area contributed by atoms with Crippen LogP contribution >= 0.6 is 0 Å². The average molecular weight is 246 g/mol. The summed E-state index contributed by atoms with van der Waals surface area (Å²) in [6.07, 6.45) is 2.73. The molecule has 3 atom stereocenters. The molecule has 0 bridgehead atoms. The molecule has 0 radical (unpaired) electrons. The molecule has 0 aliphatic carbocycles. The molecule has 0 amide bonds. The van der Waals surface area contributed by atoms with Gasteiger partial charge in [0.1, 0.15) is 0 Å². The lowest BCUT2D eigenvalue weighted by atomic mass is 9.93. The molecule has 1 aromatic rings. The molecule has 1 saturated heterocycles. The van der Waals surface area contributed by atoms with Crippen molar-refractivity contribution in [1.29, 1.82) is 0 Å². The first-order valence-corrected chi connectivity index (χ1v) is 7.21. The van der Waals surface area contributed by atoms with Crippen LogP contribution in [0.2, 0.25) is 0 Å². The van der Waals surface area contributed by atoms with Crippen molar-refractivity contribution < 1.29 is 0 Å². The Balaban J connectivity index is 1.85. The lowest BCUT2D eigenvalue weighted by molar-refractivity contribution is 0.0899. The Morgan fingerprint density at radius 3 is 2.67 bits per heavy atom. The van der Waals surface area contributed by atoms with Gasteiger partial charge in [0.15, 0.2) is 0 Å². The van der Waals surface area contributed by atoms with Crippen molar-refractivity contribution in [2.75, 3.05) is 18.4 Å². The monoisotopic (exact) mass is 246 g/mol. The van der Waals surface area contributed by atoms with Crippen LogP contribution in [0.25, 0.3) is 0 Å². The topological polar surface area (TPSA) is 15.3 Å². The number of piperidine rings is 1. The van der Waals surface area contributed by atoms with Crippen molar-refractivity contribution in [2.45, 2.75) is 45.7 Å². The summed E-state index contributed by atoms with van der Waals surface area (Å²) in [4.78, 5) is 2.66. The molecule has 100 valence electrons. The van der Waals surface area contributed by atoms with E-state index in [4.69, 9.17) is 0 Å². The molecule has 2 nitrogen and oxygen atoms in total. The molecule has 0 spiro atoms. The van der Waals surface area contributed by atoms with Crippen molar-refractivity contribution in [3.05, 3.63) is 30.3 Å². The lowest BCUT2D eigenvalue weighted by Crippen LogP contribution is -2.48. The van der Waals surface area contributed by atoms with Crippen LogP contribution in [-0.2, 0) is 0 Å². The number of nitrogens with one attached hydrogen (secondary N) is 1. The van der Waals surface area contributed by atoms with Gasteiger partial charge in [0, 0.05) is 30.9 Å². The standard InChI is InChI=1S/C16H26N2/c1-13-9-10-14(2)18(12-13)15(3)11-17-16-7-5-4-6-8-16/h4-8,13-15,17H,9-12H2,1-3H3. The van der Waals surface area contributed by atoms with E-state index in [0.29, 0.717) is 6.04 Å². The van der Waals surface area contributed by atoms with Crippen molar-refractivity contribution in [3.63, 3.8) is 0 Å². The van der Waals surface area contributed by atoms with Crippen LogP contribution < -0.4 is 5.32 Å². The highest BCUT2D eigenvalue weighted by Gasteiger charge is 2.26. The first-order chi connectivity index (χ1) is 8.66. The third-order valence-electron chi connectivity index (χ3n) is 4.11. The summed E-state index contributed by atoms with van der Waals surface area (Å²) in [5.41, 5.74) is 1.22. The summed E-state index contributed by atoms with van der Waals surface area (Å²) >= 11 is 0. The van der Waals surface area contributed by atoms with Crippen LogP contribution in [0.1, 0.15) is 33.6 Å². The minimum atomic E-state index is 0.600. The molecule has 2 rings (SSSR count). The number of rotatable bonds is 4. The molecule has 1 aliphatic rings. The molecule has 3 unspecified atom stereocenters. The number of benzene rings is 1. The fourth-order valence-corrected chi connectivity index (χ4v) is 2.88. The Morgan fingerprint density at radius 2 is 1.94 bits per heavy atom. The Morgan fingerprint density at radius 1 is 1.22 bits per heavy atom. The quantitative estimate of drug-likeness (QED) is 0.873. The van der Waals surface area contributed by atoms with E-state index >= 15 is 0 Å². The van der Waals surface area contributed by atoms with Crippen molar-refractivity contribution in [1.82, 2.24) is 4.90 Å². The third-order valence-corrected chi connectivity index (χ3v) is 4.11.